The number of carbonyl (C=O) groups excluding carboxylic acids is 2. The largest absolute Gasteiger partial charge is 0.477 e. The highest BCUT2D eigenvalue weighted by molar-refractivity contribution is 9.10. The summed E-state index contributed by atoms with van der Waals surface area (Å²) >= 11 is 4.97. The number of likely N-dealkylation sites (N-methyl/N-ethyl adjacent to an activating group) is 1. The molecule has 8 heteroatoms. The van der Waals surface area contributed by atoms with E-state index in [2.05, 4.69) is 26.2 Å². The zero-order valence-corrected chi connectivity index (χ0v) is 18.0. The zero-order valence-electron chi connectivity index (χ0n) is 15.6. The monoisotopic (exact) mass is 471 g/mol. The number of nitrogens with zero attached hydrogens (tertiary/aromatic N) is 2. The van der Waals surface area contributed by atoms with Gasteiger partial charge < -0.3 is 15.0 Å². The minimum Gasteiger partial charge on any atom is -0.477 e. The molecule has 0 unspecified atom stereocenters. The Balaban J connectivity index is 1.56. The first-order chi connectivity index (χ1) is 14.0. The fourth-order valence-corrected chi connectivity index (χ4v) is 4.38. The lowest BCUT2D eigenvalue weighted by Crippen LogP contribution is -2.50. The predicted octanol–water partition coefficient (Wildman–Crippen LogP) is 3.66. The Bertz CT molecular complexity index is 1070. The second-order valence-electron chi connectivity index (χ2n) is 6.52. The molecular weight excluding hydrogens is 454 g/mol. The van der Waals surface area contributed by atoms with E-state index in [0.29, 0.717) is 17.1 Å². The van der Waals surface area contributed by atoms with E-state index >= 15 is 0 Å². The SMILES string of the molecule is CNC(=O)[C@@H]1CN(C(=O)Cc2csc(-c3cccc(Br)c3)n2)c2ccccc2O1. The Morgan fingerprint density at radius 2 is 2.10 bits per heavy atom. The number of para-hydroxylation sites is 2. The van der Waals surface area contributed by atoms with E-state index in [1.807, 2.05) is 47.8 Å². The van der Waals surface area contributed by atoms with Crippen LogP contribution in [0.1, 0.15) is 5.69 Å². The number of thiazole rings is 1. The average Bonchev–Trinajstić information content (AvgIpc) is 3.20. The highest BCUT2D eigenvalue weighted by Crippen LogP contribution is 2.34. The van der Waals surface area contributed by atoms with Crippen LogP contribution in [0.3, 0.4) is 0 Å². The number of ether oxygens (including phenoxy) is 1. The maximum Gasteiger partial charge on any atom is 0.262 e. The summed E-state index contributed by atoms with van der Waals surface area (Å²) in [5, 5.41) is 5.34. The van der Waals surface area contributed by atoms with Gasteiger partial charge in [0.15, 0.2) is 6.10 Å². The Labute approximate surface area is 180 Å². The summed E-state index contributed by atoms with van der Waals surface area (Å²) in [6, 6.07) is 15.1. The number of hydrogen-bond donors (Lipinski definition) is 1. The number of benzene rings is 2. The molecule has 2 amide bonds. The minimum atomic E-state index is -0.744. The number of halogens is 1. The van der Waals surface area contributed by atoms with Crippen LogP contribution in [-0.2, 0) is 16.0 Å². The van der Waals surface area contributed by atoms with E-state index in [1.165, 1.54) is 11.3 Å². The summed E-state index contributed by atoms with van der Waals surface area (Å²) in [6.07, 6.45) is -0.592. The van der Waals surface area contributed by atoms with Crippen LogP contribution in [0.5, 0.6) is 5.75 Å². The van der Waals surface area contributed by atoms with Gasteiger partial charge in [0.1, 0.15) is 10.8 Å². The molecule has 0 saturated heterocycles. The van der Waals surface area contributed by atoms with Gasteiger partial charge in [0.05, 0.1) is 24.3 Å². The first-order valence-electron chi connectivity index (χ1n) is 9.03. The molecule has 2 aromatic carbocycles. The minimum absolute atomic E-state index is 0.124. The number of rotatable bonds is 4. The number of anilines is 1. The second-order valence-corrected chi connectivity index (χ2v) is 8.30. The van der Waals surface area contributed by atoms with Crippen LogP contribution >= 0.6 is 27.3 Å². The normalized spacial score (nSPS) is 15.4. The van der Waals surface area contributed by atoms with Gasteiger partial charge in [-0.1, -0.05) is 40.2 Å². The molecule has 1 atom stereocenters. The molecule has 1 aliphatic heterocycles. The van der Waals surface area contributed by atoms with Gasteiger partial charge in [-0.2, -0.15) is 0 Å². The van der Waals surface area contributed by atoms with Gasteiger partial charge in [0, 0.05) is 22.5 Å². The molecule has 1 N–H and O–H groups in total. The Hall–Kier alpha value is -2.71. The fraction of sp³-hybridized carbons (Fsp3) is 0.190. The topological polar surface area (TPSA) is 71.5 Å². The standard InChI is InChI=1S/C21H18BrN3O3S/c1-23-20(27)18-11-25(16-7-2-3-8-17(16)28-18)19(26)10-15-12-29-21(24-15)13-5-4-6-14(22)9-13/h2-9,12,18H,10-11H2,1H3,(H,23,27)/t18-/m0/s1. The zero-order chi connectivity index (χ0) is 20.4. The van der Waals surface area contributed by atoms with Crippen molar-refractivity contribution in [1.82, 2.24) is 10.3 Å². The first-order valence-corrected chi connectivity index (χ1v) is 10.7. The Kier molecular flexibility index (Phi) is 5.64. The molecule has 0 saturated carbocycles. The number of fused-ring (bicyclic) bond motifs is 1. The lowest BCUT2D eigenvalue weighted by atomic mass is 10.1. The highest BCUT2D eigenvalue weighted by atomic mass is 79.9. The number of aromatic nitrogens is 1. The lowest BCUT2D eigenvalue weighted by Gasteiger charge is -2.34. The summed E-state index contributed by atoms with van der Waals surface area (Å²) < 4.78 is 6.74. The van der Waals surface area contributed by atoms with Crippen LogP contribution in [-0.4, -0.2) is 36.5 Å². The molecule has 6 nitrogen and oxygen atoms in total. The van der Waals surface area contributed by atoms with Crippen molar-refractivity contribution in [2.75, 3.05) is 18.5 Å². The van der Waals surface area contributed by atoms with E-state index in [1.54, 1.807) is 18.0 Å². The molecule has 29 heavy (non-hydrogen) atoms. The maximum atomic E-state index is 13.1. The molecule has 0 radical (unpaired) electrons. The Morgan fingerprint density at radius 1 is 1.28 bits per heavy atom. The van der Waals surface area contributed by atoms with Crippen LogP contribution in [0, 0.1) is 0 Å². The predicted molar refractivity (Wildman–Crippen MR) is 116 cm³/mol. The molecule has 4 rings (SSSR count). The summed E-state index contributed by atoms with van der Waals surface area (Å²) in [5.41, 5.74) is 2.37. The number of hydrogen-bond acceptors (Lipinski definition) is 5. The van der Waals surface area contributed by atoms with Crippen LogP contribution in [0.15, 0.2) is 58.4 Å². The molecule has 0 aliphatic carbocycles. The summed E-state index contributed by atoms with van der Waals surface area (Å²) in [5.74, 6) is 0.137. The van der Waals surface area contributed by atoms with Gasteiger partial charge in [-0.3, -0.25) is 9.59 Å². The third kappa shape index (κ3) is 4.18. The highest BCUT2D eigenvalue weighted by Gasteiger charge is 2.33. The molecule has 0 fully saturated rings. The maximum absolute atomic E-state index is 13.1. The van der Waals surface area contributed by atoms with Gasteiger partial charge in [0.2, 0.25) is 5.91 Å². The second kappa shape index (κ2) is 8.34. The van der Waals surface area contributed by atoms with E-state index in [9.17, 15) is 9.59 Å². The van der Waals surface area contributed by atoms with Crippen molar-refractivity contribution < 1.29 is 14.3 Å². The van der Waals surface area contributed by atoms with Crippen molar-refractivity contribution >= 4 is 44.8 Å². The smallest absolute Gasteiger partial charge is 0.262 e. The molecule has 148 valence electrons. The third-order valence-electron chi connectivity index (χ3n) is 4.57. The summed E-state index contributed by atoms with van der Waals surface area (Å²) in [6.45, 7) is 0.165. The van der Waals surface area contributed by atoms with Crippen molar-refractivity contribution in [1.29, 1.82) is 0 Å². The number of amides is 2. The van der Waals surface area contributed by atoms with Crippen molar-refractivity contribution in [3.8, 4) is 16.3 Å². The molecule has 3 aromatic rings. The van der Waals surface area contributed by atoms with Crippen molar-refractivity contribution in [2.45, 2.75) is 12.5 Å². The van der Waals surface area contributed by atoms with E-state index < -0.39 is 6.10 Å². The summed E-state index contributed by atoms with van der Waals surface area (Å²) in [7, 11) is 1.55. The first kappa shape index (κ1) is 19.6. The van der Waals surface area contributed by atoms with Gasteiger partial charge in [-0.25, -0.2) is 4.98 Å². The van der Waals surface area contributed by atoms with Crippen molar-refractivity contribution in [2.24, 2.45) is 0 Å². The third-order valence-corrected chi connectivity index (χ3v) is 6.00. The molecule has 1 aromatic heterocycles. The van der Waals surface area contributed by atoms with Gasteiger partial charge >= 0.3 is 0 Å². The molecular formula is C21H18BrN3O3S. The summed E-state index contributed by atoms with van der Waals surface area (Å²) in [4.78, 5) is 31.4. The average molecular weight is 472 g/mol. The Morgan fingerprint density at radius 3 is 2.90 bits per heavy atom. The van der Waals surface area contributed by atoms with Gasteiger partial charge in [0.25, 0.3) is 5.91 Å². The van der Waals surface area contributed by atoms with E-state index in [4.69, 9.17) is 4.74 Å². The van der Waals surface area contributed by atoms with E-state index in [0.717, 1.165) is 15.0 Å². The number of nitrogens with one attached hydrogen (secondary N) is 1. The van der Waals surface area contributed by atoms with Crippen molar-refractivity contribution in [3.05, 3.63) is 64.1 Å². The van der Waals surface area contributed by atoms with Crippen LogP contribution in [0.4, 0.5) is 5.69 Å². The van der Waals surface area contributed by atoms with Gasteiger partial charge in [-0.05, 0) is 24.3 Å². The molecule has 2 heterocycles. The van der Waals surface area contributed by atoms with Crippen LogP contribution in [0.2, 0.25) is 0 Å². The number of carbonyl (C=O) groups is 2. The van der Waals surface area contributed by atoms with Gasteiger partial charge in [-0.15, -0.1) is 11.3 Å². The molecule has 0 spiro atoms. The molecule has 1 aliphatic rings. The molecule has 0 bridgehead atoms. The van der Waals surface area contributed by atoms with E-state index in [-0.39, 0.29) is 24.8 Å². The van der Waals surface area contributed by atoms with Crippen molar-refractivity contribution in [3.63, 3.8) is 0 Å². The van der Waals surface area contributed by atoms with Crippen LogP contribution < -0.4 is 15.0 Å². The fourth-order valence-electron chi connectivity index (χ4n) is 3.16. The van der Waals surface area contributed by atoms with Crippen LogP contribution in [0.25, 0.3) is 10.6 Å². The lowest BCUT2D eigenvalue weighted by molar-refractivity contribution is -0.127. The quantitative estimate of drug-likeness (QED) is 0.630.